The molecule has 27 heavy (non-hydrogen) atoms. The molecule has 136 valence electrons. The molecule has 9 nitrogen and oxygen atoms in total. The van der Waals surface area contributed by atoms with Crippen LogP contribution in [0.3, 0.4) is 0 Å². The van der Waals surface area contributed by atoms with Crippen LogP contribution in [0.2, 0.25) is 0 Å². The van der Waals surface area contributed by atoms with Crippen molar-refractivity contribution in [2.45, 2.75) is 6.92 Å². The molecule has 0 spiro atoms. The summed E-state index contributed by atoms with van der Waals surface area (Å²) < 4.78 is 1.56. The van der Waals surface area contributed by atoms with Gasteiger partial charge in [0.05, 0.1) is 23.6 Å². The van der Waals surface area contributed by atoms with Crippen LogP contribution in [0.4, 0.5) is 17.1 Å². The number of nitrogens with zero attached hydrogens (tertiary/aromatic N) is 5. The summed E-state index contributed by atoms with van der Waals surface area (Å²) in [5.74, 6) is -0.355. The number of carbonyl (C=O) groups excluding carboxylic acids is 2. The maximum absolute atomic E-state index is 12.6. The van der Waals surface area contributed by atoms with Gasteiger partial charge in [0.2, 0.25) is 5.91 Å². The van der Waals surface area contributed by atoms with E-state index in [0.29, 0.717) is 23.5 Å². The second kappa shape index (κ2) is 6.52. The molecular weight excluding hydrogens is 346 g/mol. The first-order valence-electron chi connectivity index (χ1n) is 8.31. The minimum atomic E-state index is -0.255. The van der Waals surface area contributed by atoms with E-state index >= 15 is 0 Å². The Kier molecular flexibility index (Phi) is 4.03. The highest BCUT2D eigenvalue weighted by Gasteiger charge is 2.20. The molecule has 0 unspecified atom stereocenters. The average molecular weight is 363 g/mol. The second-order valence-electron chi connectivity index (χ2n) is 6.35. The molecule has 0 aliphatic carbocycles. The maximum Gasteiger partial charge on any atom is 0.255 e. The van der Waals surface area contributed by atoms with Crippen LogP contribution in [0.5, 0.6) is 0 Å². The van der Waals surface area contributed by atoms with Gasteiger partial charge in [0.1, 0.15) is 6.33 Å². The summed E-state index contributed by atoms with van der Waals surface area (Å²) in [6, 6.07) is 10.7. The number of likely N-dealkylation sites (N-methyl/N-ethyl adjacent to an activating group) is 1. The number of rotatable bonds is 3. The molecule has 0 fully saturated rings. The van der Waals surface area contributed by atoms with Crippen molar-refractivity contribution in [3.63, 3.8) is 0 Å². The number of hydrogen-bond donors (Lipinski definition) is 2. The van der Waals surface area contributed by atoms with Crippen LogP contribution < -0.4 is 15.5 Å². The fraction of sp³-hybridized carbons (Fsp3) is 0.167. The number of tetrazole rings is 1. The lowest BCUT2D eigenvalue weighted by atomic mass is 10.1. The van der Waals surface area contributed by atoms with Gasteiger partial charge in [-0.25, -0.2) is 4.68 Å². The molecule has 4 rings (SSSR count). The van der Waals surface area contributed by atoms with Crippen molar-refractivity contribution in [1.82, 2.24) is 20.2 Å². The molecule has 1 aliphatic heterocycles. The van der Waals surface area contributed by atoms with E-state index in [1.54, 1.807) is 22.9 Å². The highest BCUT2D eigenvalue weighted by atomic mass is 16.2. The number of amides is 2. The lowest BCUT2D eigenvalue weighted by Crippen LogP contribution is -2.35. The smallest absolute Gasteiger partial charge is 0.255 e. The number of hydrogen-bond acceptors (Lipinski definition) is 6. The van der Waals surface area contributed by atoms with Crippen molar-refractivity contribution in [2.24, 2.45) is 0 Å². The minimum Gasteiger partial charge on any atom is -0.364 e. The van der Waals surface area contributed by atoms with E-state index in [4.69, 9.17) is 0 Å². The van der Waals surface area contributed by atoms with Gasteiger partial charge in [0, 0.05) is 18.3 Å². The van der Waals surface area contributed by atoms with Gasteiger partial charge in [-0.3, -0.25) is 9.59 Å². The Morgan fingerprint density at radius 3 is 2.74 bits per heavy atom. The number of aromatic nitrogens is 4. The van der Waals surface area contributed by atoms with Gasteiger partial charge in [-0.1, -0.05) is 0 Å². The first-order chi connectivity index (χ1) is 13.0. The van der Waals surface area contributed by atoms with Gasteiger partial charge in [0.15, 0.2) is 0 Å². The predicted molar refractivity (Wildman–Crippen MR) is 100 cm³/mol. The van der Waals surface area contributed by atoms with Gasteiger partial charge >= 0.3 is 0 Å². The SMILES string of the molecule is Cc1cc(NC(=O)c2ccc3c(c2)NC(=O)CN3C)ccc1-n1cnnn1. The molecule has 2 heterocycles. The molecule has 1 aliphatic rings. The first-order valence-corrected chi connectivity index (χ1v) is 8.31. The van der Waals surface area contributed by atoms with E-state index in [1.807, 2.05) is 37.1 Å². The van der Waals surface area contributed by atoms with Crippen molar-refractivity contribution < 1.29 is 9.59 Å². The zero-order chi connectivity index (χ0) is 19.0. The molecule has 2 N–H and O–H groups in total. The molecular formula is C18H17N7O2. The molecule has 2 amide bonds. The van der Waals surface area contributed by atoms with Crippen LogP contribution in [0.25, 0.3) is 5.69 Å². The van der Waals surface area contributed by atoms with Crippen LogP contribution in [0.1, 0.15) is 15.9 Å². The summed E-state index contributed by atoms with van der Waals surface area (Å²) in [6.07, 6.45) is 1.51. The van der Waals surface area contributed by atoms with Gasteiger partial charge in [-0.15, -0.1) is 5.10 Å². The highest BCUT2D eigenvalue weighted by molar-refractivity contribution is 6.08. The van der Waals surface area contributed by atoms with Crippen molar-refractivity contribution in [2.75, 3.05) is 29.1 Å². The number of carbonyl (C=O) groups is 2. The Morgan fingerprint density at radius 2 is 2.00 bits per heavy atom. The van der Waals surface area contributed by atoms with Gasteiger partial charge in [-0.05, 0) is 59.3 Å². The Labute approximate surface area is 155 Å². The van der Waals surface area contributed by atoms with Crippen molar-refractivity contribution in [3.8, 4) is 5.69 Å². The summed E-state index contributed by atoms with van der Waals surface area (Å²) in [5, 5.41) is 16.8. The van der Waals surface area contributed by atoms with Crippen LogP contribution in [0.15, 0.2) is 42.7 Å². The van der Waals surface area contributed by atoms with Crippen molar-refractivity contribution in [3.05, 3.63) is 53.9 Å². The Morgan fingerprint density at radius 1 is 1.19 bits per heavy atom. The van der Waals surface area contributed by atoms with E-state index in [0.717, 1.165) is 16.9 Å². The zero-order valence-corrected chi connectivity index (χ0v) is 14.8. The standard InChI is InChI=1S/C18H17N7O2/c1-11-7-13(4-6-15(11)25-10-19-22-23-25)20-18(27)12-3-5-16-14(8-12)21-17(26)9-24(16)2/h3-8,10H,9H2,1-2H3,(H,20,27)(H,21,26). The molecule has 3 aromatic rings. The topological polar surface area (TPSA) is 105 Å². The third-order valence-electron chi connectivity index (χ3n) is 4.38. The molecule has 0 radical (unpaired) electrons. The summed E-state index contributed by atoms with van der Waals surface area (Å²) in [4.78, 5) is 26.2. The summed E-state index contributed by atoms with van der Waals surface area (Å²) >= 11 is 0. The van der Waals surface area contributed by atoms with Gasteiger partial charge < -0.3 is 15.5 Å². The van der Waals surface area contributed by atoms with E-state index < -0.39 is 0 Å². The third-order valence-corrected chi connectivity index (χ3v) is 4.38. The summed E-state index contributed by atoms with van der Waals surface area (Å²) in [6.45, 7) is 2.21. The highest BCUT2D eigenvalue weighted by Crippen LogP contribution is 2.29. The number of aryl methyl sites for hydroxylation is 1. The third kappa shape index (κ3) is 3.22. The van der Waals surface area contributed by atoms with E-state index in [9.17, 15) is 9.59 Å². The lowest BCUT2D eigenvalue weighted by Gasteiger charge is -2.27. The van der Waals surface area contributed by atoms with E-state index in [1.165, 1.54) is 6.33 Å². The number of fused-ring (bicyclic) bond motifs is 1. The zero-order valence-electron chi connectivity index (χ0n) is 14.8. The Bertz CT molecular complexity index is 1030. The van der Waals surface area contributed by atoms with Gasteiger partial charge in [0.25, 0.3) is 5.91 Å². The Balaban J connectivity index is 1.55. The lowest BCUT2D eigenvalue weighted by molar-refractivity contribution is -0.115. The minimum absolute atomic E-state index is 0.101. The number of nitrogens with one attached hydrogen (secondary N) is 2. The number of anilines is 3. The van der Waals surface area contributed by atoms with Crippen LogP contribution in [-0.4, -0.2) is 45.6 Å². The number of benzene rings is 2. The second-order valence-corrected chi connectivity index (χ2v) is 6.35. The summed E-state index contributed by atoms with van der Waals surface area (Å²) in [7, 11) is 1.84. The molecule has 0 saturated carbocycles. The monoisotopic (exact) mass is 363 g/mol. The van der Waals surface area contributed by atoms with Crippen molar-refractivity contribution >= 4 is 28.9 Å². The Hall–Kier alpha value is -3.75. The van der Waals surface area contributed by atoms with Crippen molar-refractivity contribution in [1.29, 1.82) is 0 Å². The largest absolute Gasteiger partial charge is 0.364 e. The molecule has 0 bridgehead atoms. The van der Waals surface area contributed by atoms with Crippen LogP contribution >= 0.6 is 0 Å². The molecule has 0 atom stereocenters. The van der Waals surface area contributed by atoms with E-state index in [2.05, 4.69) is 26.2 Å². The quantitative estimate of drug-likeness (QED) is 0.732. The van der Waals surface area contributed by atoms with E-state index in [-0.39, 0.29) is 11.8 Å². The fourth-order valence-corrected chi connectivity index (χ4v) is 3.07. The molecule has 1 aromatic heterocycles. The molecule has 2 aromatic carbocycles. The van der Waals surface area contributed by atoms with Crippen LogP contribution in [0, 0.1) is 6.92 Å². The molecule has 0 saturated heterocycles. The molecule has 9 heteroatoms. The fourth-order valence-electron chi connectivity index (χ4n) is 3.07. The summed E-state index contributed by atoms with van der Waals surface area (Å²) in [5.41, 5.74) is 4.39. The average Bonchev–Trinajstić information content (AvgIpc) is 3.15. The normalized spacial score (nSPS) is 13.1. The first kappa shape index (κ1) is 16.7. The predicted octanol–water partition coefficient (Wildman–Crippen LogP) is 1.61. The maximum atomic E-state index is 12.6. The van der Waals surface area contributed by atoms with Gasteiger partial charge in [-0.2, -0.15) is 0 Å². The van der Waals surface area contributed by atoms with Crippen LogP contribution in [-0.2, 0) is 4.79 Å².